The highest BCUT2D eigenvalue weighted by Crippen LogP contribution is 2.24. The van der Waals surface area contributed by atoms with Crippen LogP contribution in [0.5, 0.6) is 0 Å². The van der Waals surface area contributed by atoms with E-state index < -0.39 is 6.04 Å². The third-order valence-electron chi connectivity index (χ3n) is 4.20. The second-order valence-corrected chi connectivity index (χ2v) is 6.43. The van der Waals surface area contributed by atoms with Crippen LogP contribution >= 0.6 is 0 Å². The van der Waals surface area contributed by atoms with Crippen molar-refractivity contribution >= 4 is 5.91 Å². The minimum Gasteiger partial charge on any atom is -0.347 e. The van der Waals surface area contributed by atoms with Crippen LogP contribution in [0.3, 0.4) is 0 Å². The van der Waals surface area contributed by atoms with Crippen molar-refractivity contribution in [3.8, 4) is 0 Å². The Balaban J connectivity index is 2.31. The first-order valence-corrected chi connectivity index (χ1v) is 8.10. The summed E-state index contributed by atoms with van der Waals surface area (Å²) in [6, 6.07) is 12.8. The normalized spacial score (nSPS) is 13.4. The molecule has 0 aliphatic rings. The average molecular weight is 328 g/mol. The number of carbonyl (C=O) groups excluding carboxylic acids is 1. The van der Waals surface area contributed by atoms with Gasteiger partial charge in [-0.3, -0.25) is 10.1 Å². The van der Waals surface area contributed by atoms with E-state index in [4.69, 9.17) is 0 Å². The van der Waals surface area contributed by atoms with E-state index in [1.807, 2.05) is 49.4 Å². The van der Waals surface area contributed by atoms with E-state index in [0.29, 0.717) is 11.1 Å². The zero-order valence-electron chi connectivity index (χ0n) is 14.9. The van der Waals surface area contributed by atoms with Crippen LogP contribution in [0.25, 0.3) is 0 Å². The largest absolute Gasteiger partial charge is 0.347 e. The second kappa shape index (κ2) is 7.58. The highest BCUT2D eigenvalue weighted by molar-refractivity contribution is 5.82. The van der Waals surface area contributed by atoms with Gasteiger partial charge in [-0.1, -0.05) is 42.5 Å². The SMILES string of the molecule is Cc1cc(C(C)NC(C(=O)N(C)C)c2ccccc2)cc(C)c1F. The molecule has 24 heavy (non-hydrogen) atoms. The molecule has 2 rings (SSSR count). The molecule has 2 aromatic rings. The van der Waals surface area contributed by atoms with E-state index in [0.717, 1.165) is 11.1 Å². The number of halogens is 1. The monoisotopic (exact) mass is 328 g/mol. The summed E-state index contributed by atoms with van der Waals surface area (Å²) < 4.78 is 13.9. The van der Waals surface area contributed by atoms with Crippen molar-refractivity contribution < 1.29 is 9.18 Å². The number of hydrogen-bond acceptors (Lipinski definition) is 2. The van der Waals surface area contributed by atoms with Gasteiger partial charge in [0.2, 0.25) is 5.91 Å². The summed E-state index contributed by atoms with van der Waals surface area (Å²) in [5, 5.41) is 3.39. The molecule has 0 fully saturated rings. The Morgan fingerprint density at radius 2 is 1.58 bits per heavy atom. The smallest absolute Gasteiger partial charge is 0.243 e. The molecule has 2 unspecified atom stereocenters. The van der Waals surface area contributed by atoms with E-state index in [1.165, 1.54) is 0 Å². The van der Waals surface area contributed by atoms with Crippen molar-refractivity contribution in [2.45, 2.75) is 32.9 Å². The van der Waals surface area contributed by atoms with Gasteiger partial charge in [0.25, 0.3) is 0 Å². The average Bonchev–Trinajstić information content (AvgIpc) is 2.56. The van der Waals surface area contributed by atoms with E-state index >= 15 is 0 Å². The zero-order valence-corrected chi connectivity index (χ0v) is 14.9. The molecule has 0 bridgehead atoms. The summed E-state index contributed by atoms with van der Waals surface area (Å²) in [6.07, 6.45) is 0. The van der Waals surface area contributed by atoms with Gasteiger partial charge in [0, 0.05) is 20.1 Å². The van der Waals surface area contributed by atoms with Gasteiger partial charge in [-0.2, -0.15) is 0 Å². The van der Waals surface area contributed by atoms with Crippen LogP contribution in [0.1, 0.15) is 41.3 Å². The van der Waals surface area contributed by atoms with Crippen molar-refractivity contribution in [3.63, 3.8) is 0 Å². The molecule has 0 saturated heterocycles. The molecule has 0 aliphatic heterocycles. The van der Waals surface area contributed by atoms with E-state index in [9.17, 15) is 9.18 Å². The first-order chi connectivity index (χ1) is 11.3. The summed E-state index contributed by atoms with van der Waals surface area (Å²) in [6.45, 7) is 5.52. The molecule has 128 valence electrons. The standard InChI is InChI=1S/C20H25FN2O/c1-13-11-17(12-14(2)18(13)21)15(3)22-19(20(24)23(4)5)16-9-7-6-8-10-16/h6-12,15,19,22H,1-5H3. The number of nitrogens with zero attached hydrogens (tertiary/aromatic N) is 1. The number of nitrogens with one attached hydrogen (secondary N) is 1. The topological polar surface area (TPSA) is 32.3 Å². The summed E-state index contributed by atoms with van der Waals surface area (Å²) in [4.78, 5) is 14.2. The lowest BCUT2D eigenvalue weighted by Crippen LogP contribution is -2.38. The third-order valence-corrected chi connectivity index (χ3v) is 4.20. The maximum absolute atomic E-state index is 13.9. The molecule has 0 aliphatic carbocycles. The maximum Gasteiger partial charge on any atom is 0.243 e. The maximum atomic E-state index is 13.9. The number of amides is 1. The van der Waals surface area contributed by atoms with Crippen LogP contribution in [-0.4, -0.2) is 24.9 Å². The van der Waals surface area contributed by atoms with E-state index in [1.54, 1.807) is 32.8 Å². The molecule has 1 amide bonds. The van der Waals surface area contributed by atoms with Gasteiger partial charge in [-0.05, 0) is 43.0 Å². The first kappa shape index (κ1) is 18.1. The van der Waals surface area contributed by atoms with Crippen LogP contribution < -0.4 is 5.32 Å². The number of benzene rings is 2. The van der Waals surface area contributed by atoms with Gasteiger partial charge in [0.15, 0.2) is 0 Å². The third kappa shape index (κ3) is 4.01. The van der Waals surface area contributed by atoms with Crippen LogP contribution in [-0.2, 0) is 4.79 Å². The van der Waals surface area contributed by atoms with Crippen LogP contribution in [0.15, 0.2) is 42.5 Å². The Hall–Kier alpha value is -2.20. The molecular formula is C20H25FN2O. The minimum absolute atomic E-state index is 0.0106. The quantitative estimate of drug-likeness (QED) is 0.902. The van der Waals surface area contributed by atoms with Crippen molar-refractivity contribution in [3.05, 3.63) is 70.5 Å². The first-order valence-electron chi connectivity index (χ1n) is 8.10. The summed E-state index contributed by atoms with van der Waals surface area (Å²) in [7, 11) is 3.49. The predicted octanol–water partition coefficient (Wildman–Crippen LogP) is 3.92. The van der Waals surface area contributed by atoms with Gasteiger partial charge >= 0.3 is 0 Å². The number of rotatable bonds is 5. The minimum atomic E-state index is -0.443. The van der Waals surface area contributed by atoms with Gasteiger partial charge in [0.1, 0.15) is 11.9 Å². The Morgan fingerprint density at radius 3 is 2.08 bits per heavy atom. The molecule has 0 saturated carbocycles. The lowest BCUT2D eigenvalue weighted by Gasteiger charge is -2.26. The number of likely N-dealkylation sites (N-methyl/N-ethyl adjacent to an activating group) is 1. The molecule has 0 radical (unpaired) electrons. The Labute approximate surface area is 143 Å². The Kier molecular flexibility index (Phi) is 5.73. The van der Waals surface area contributed by atoms with Gasteiger partial charge in [0.05, 0.1) is 0 Å². The summed E-state index contributed by atoms with van der Waals surface area (Å²) in [5.74, 6) is -0.182. The molecule has 4 heteroatoms. The van der Waals surface area contributed by atoms with Crippen molar-refractivity contribution in [2.75, 3.05) is 14.1 Å². The van der Waals surface area contributed by atoms with Crippen molar-refractivity contribution in [2.24, 2.45) is 0 Å². The Bertz CT molecular complexity index is 690. The molecule has 1 N–H and O–H groups in total. The van der Waals surface area contributed by atoms with Gasteiger partial charge in [-0.15, -0.1) is 0 Å². The lowest BCUT2D eigenvalue weighted by molar-refractivity contribution is -0.131. The van der Waals surface area contributed by atoms with Crippen molar-refractivity contribution in [1.29, 1.82) is 0 Å². The fraction of sp³-hybridized carbons (Fsp3) is 0.350. The van der Waals surface area contributed by atoms with E-state index in [2.05, 4.69) is 5.32 Å². The number of hydrogen-bond donors (Lipinski definition) is 1. The van der Waals surface area contributed by atoms with Crippen LogP contribution in [0, 0.1) is 19.7 Å². The number of aryl methyl sites for hydroxylation is 2. The van der Waals surface area contributed by atoms with E-state index in [-0.39, 0.29) is 17.8 Å². The van der Waals surface area contributed by atoms with Crippen LogP contribution in [0.4, 0.5) is 4.39 Å². The highest BCUT2D eigenvalue weighted by Gasteiger charge is 2.24. The molecular weight excluding hydrogens is 303 g/mol. The van der Waals surface area contributed by atoms with Crippen LogP contribution in [0.2, 0.25) is 0 Å². The molecule has 0 aromatic heterocycles. The predicted molar refractivity (Wildman–Crippen MR) is 95.3 cm³/mol. The molecule has 0 heterocycles. The summed E-state index contributed by atoms with van der Waals surface area (Å²) >= 11 is 0. The zero-order chi connectivity index (χ0) is 17.9. The molecule has 3 nitrogen and oxygen atoms in total. The molecule has 2 aromatic carbocycles. The highest BCUT2D eigenvalue weighted by atomic mass is 19.1. The summed E-state index contributed by atoms with van der Waals surface area (Å²) in [5.41, 5.74) is 3.13. The second-order valence-electron chi connectivity index (χ2n) is 6.43. The fourth-order valence-corrected chi connectivity index (χ4v) is 2.79. The number of carbonyl (C=O) groups is 1. The lowest BCUT2D eigenvalue weighted by atomic mass is 9.99. The molecule has 0 spiro atoms. The Morgan fingerprint density at radius 1 is 1.04 bits per heavy atom. The van der Waals surface area contributed by atoms with Crippen molar-refractivity contribution in [1.82, 2.24) is 10.2 Å². The van der Waals surface area contributed by atoms with Gasteiger partial charge in [-0.25, -0.2) is 4.39 Å². The van der Waals surface area contributed by atoms with Gasteiger partial charge < -0.3 is 4.90 Å². The fourth-order valence-electron chi connectivity index (χ4n) is 2.79. The molecule has 2 atom stereocenters.